The van der Waals surface area contributed by atoms with Gasteiger partial charge >= 0.3 is 0 Å². The van der Waals surface area contributed by atoms with Crippen LogP contribution in [0.15, 0.2) is 42.5 Å². The van der Waals surface area contributed by atoms with Gasteiger partial charge in [0, 0.05) is 16.3 Å². The van der Waals surface area contributed by atoms with Crippen molar-refractivity contribution in [2.45, 2.75) is 9.96 Å². The lowest BCUT2D eigenvalue weighted by Gasteiger charge is -2.28. The Morgan fingerprint density at radius 1 is 1.00 bits per heavy atom. The molecule has 11 heteroatoms. The first-order valence-corrected chi connectivity index (χ1v) is 9.98. The Labute approximate surface area is 193 Å². The Balaban J connectivity index is 2.11. The smallest absolute Gasteiger partial charge is 0.253 e. The first-order valence-electron chi connectivity index (χ1n) is 8.06. The Bertz CT molecular complexity index is 876. The molecule has 0 aliphatic heterocycles. The number of amides is 1. The second kappa shape index (κ2) is 10.4. The number of carbonyl (C=O) groups is 1. The number of alkyl halides is 3. The van der Waals surface area contributed by atoms with Gasteiger partial charge in [0.05, 0.1) is 14.2 Å². The third-order valence-corrected chi connectivity index (χ3v) is 4.75. The van der Waals surface area contributed by atoms with Crippen molar-refractivity contribution in [1.29, 1.82) is 0 Å². The number of carbonyl (C=O) groups excluding carboxylic acids is 1. The molecule has 29 heavy (non-hydrogen) atoms. The number of methoxy groups -OCH3 is 2. The molecule has 0 fully saturated rings. The van der Waals surface area contributed by atoms with Gasteiger partial charge in [-0.1, -0.05) is 46.4 Å². The number of thiocarbonyl (C=S) groups is 1. The monoisotopic (exact) mass is 495 g/mol. The molecule has 156 valence electrons. The van der Waals surface area contributed by atoms with Crippen molar-refractivity contribution in [2.24, 2.45) is 0 Å². The molecule has 2 rings (SSSR count). The van der Waals surface area contributed by atoms with Crippen molar-refractivity contribution in [3.05, 3.63) is 53.1 Å². The first kappa shape index (κ1) is 23.6. The van der Waals surface area contributed by atoms with E-state index >= 15 is 0 Å². The number of ether oxygens (including phenoxy) is 2. The maximum atomic E-state index is 12.6. The van der Waals surface area contributed by atoms with E-state index in [4.69, 9.17) is 68.1 Å². The third kappa shape index (κ3) is 6.97. The summed E-state index contributed by atoms with van der Waals surface area (Å²) in [5, 5.41) is 9.00. The average molecular weight is 497 g/mol. The zero-order chi connectivity index (χ0) is 21.6. The fraction of sp³-hybridized carbons (Fsp3) is 0.222. The lowest BCUT2D eigenvalue weighted by atomic mass is 10.2. The first-order chi connectivity index (χ1) is 13.6. The SMILES string of the molecule is COc1ccc(C(=O)NC(NC(=S)Nc2ccc(Cl)cc2)C(Cl)(Cl)Cl)cc1OC. The molecule has 0 saturated carbocycles. The minimum atomic E-state index is -1.89. The molecule has 2 aromatic carbocycles. The molecule has 0 saturated heterocycles. The van der Waals surface area contributed by atoms with Gasteiger partial charge in [-0.15, -0.1) is 0 Å². The number of hydrogen-bond acceptors (Lipinski definition) is 4. The Kier molecular flexibility index (Phi) is 8.48. The highest BCUT2D eigenvalue weighted by Gasteiger charge is 2.35. The number of nitrogens with one attached hydrogen (secondary N) is 3. The number of benzene rings is 2. The molecular formula is C18H17Cl4N3O3S. The van der Waals surface area contributed by atoms with Gasteiger partial charge in [0.1, 0.15) is 6.17 Å². The van der Waals surface area contributed by atoms with Crippen molar-refractivity contribution < 1.29 is 14.3 Å². The van der Waals surface area contributed by atoms with Gasteiger partial charge in [-0.25, -0.2) is 0 Å². The van der Waals surface area contributed by atoms with Crippen LogP contribution >= 0.6 is 58.6 Å². The van der Waals surface area contributed by atoms with Gasteiger partial charge in [-0.05, 0) is 54.7 Å². The van der Waals surface area contributed by atoms with Gasteiger partial charge < -0.3 is 25.4 Å². The molecule has 0 bridgehead atoms. The van der Waals surface area contributed by atoms with Gasteiger partial charge in [-0.3, -0.25) is 4.79 Å². The highest BCUT2D eigenvalue weighted by molar-refractivity contribution is 7.80. The van der Waals surface area contributed by atoms with Crippen molar-refractivity contribution >= 4 is 75.3 Å². The van der Waals surface area contributed by atoms with Crippen LogP contribution in [0.3, 0.4) is 0 Å². The van der Waals surface area contributed by atoms with Crippen molar-refractivity contribution in [3.8, 4) is 11.5 Å². The normalized spacial score (nSPS) is 11.9. The molecule has 1 atom stereocenters. The molecule has 0 aromatic heterocycles. The molecule has 1 amide bonds. The van der Waals surface area contributed by atoms with Crippen molar-refractivity contribution in [2.75, 3.05) is 19.5 Å². The molecule has 1 unspecified atom stereocenters. The molecule has 0 aliphatic rings. The fourth-order valence-electron chi connectivity index (χ4n) is 2.22. The van der Waals surface area contributed by atoms with E-state index < -0.39 is 15.9 Å². The number of halogens is 4. The van der Waals surface area contributed by atoms with E-state index in [1.165, 1.54) is 20.3 Å². The summed E-state index contributed by atoms with van der Waals surface area (Å²) >= 11 is 29.1. The third-order valence-electron chi connectivity index (χ3n) is 3.63. The summed E-state index contributed by atoms with van der Waals surface area (Å²) in [5.74, 6) is 0.357. The van der Waals surface area contributed by atoms with Crippen LogP contribution in [0.4, 0.5) is 5.69 Å². The topological polar surface area (TPSA) is 71.6 Å². The quantitative estimate of drug-likeness (QED) is 0.304. The van der Waals surface area contributed by atoms with Crippen LogP contribution < -0.4 is 25.4 Å². The van der Waals surface area contributed by atoms with Gasteiger partial charge in [0.25, 0.3) is 5.91 Å². The number of hydrogen-bond donors (Lipinski definition) is 3. The van der Waals surface area contributed by atoms with E-state index in [1.54, 1.807) is 36.4 Å². The summed E-state index contributed by atoms with van der Waals surface area (Å²) in [6.45, 7) is 0. The van der Waals surface area contributed by atoms with E-state index in [1.807, 2.05) is 0 Å². The standard InChI is InChI=1S/C18H17Cl4N3O3S/c1-27-13-8-3-10(9-14(13)28-2)15(26)24-16(18(20,21)22)25-17(29)23-12-6-4-11(19)5-7-12/h3-9,16H,1-2H3,(H,24,26)(H2,23,25,29). The zero-order valence-corrected chi connectivity index (χ0v) is 19.1. The molecule has 0 radical (unpaired) electrons. The lowest BCUT2D eigenvalue weighted by Crippen LogP contribution is -2.56. The number of rotatable bonds is 6. The van der Waals surface area contributed by atoms with E-state index in [9.17, 15) is 4.79 Å². The molecule has 3 N–H and O–H groups in total. The highest BCUT2D eigenvalue weighted by Crippen LogP contribution is 2.30. The minimum Gasteiger partial charge on any atom is -0.493 e. The highest BCUT2D eigenvalue weighted by atomic mass is 35.6. The summed E-state index contributed by atoms with van der Waals surface area (Å²) in [4.78, 5) is 12.6. The lowest BCUT2D eigenvalue weighted by molar-refractivity contribution is 0.0934. The van der Waals surface area contributed by atoms with E-state index in [0.29, 0.717) is 22.2 Å². The van der Waals surface area contributed by atoms with E-state index in [0.717, 1.165) is 0 Å². The van der Waals surface area contributed by atoms with Gasteiger partial charge in [0.2, 0.25) is 3.79 Å². The molecule has 6 nitrogen and oxygen atoms in total. The Morgan fingerprint density at radius 3 is 2.17 bits per heavy atom. The van der Waals surface area contributed by atoms with Crippen LogP contribution in [-0.2, 0) is 0 Å². The van der Waals surface area contributed by atoms with Gasteiger partial charge in [0.15, 0.2) is 16.6 Å². The Morgan fingerprint density at radius 2 is 1.62 bits per heavy atom. The summed E-state index contributed by atoms with van der Waals surface area (Å²) in [5.41, 5.74) is 0.946. The van der Waals surface area contributed by atoms with Crippen LogP contribution in [-0.4, -0.2) is 35.2 Å². The predicted molar refractivity (Wildman–Crippen MR) is 122 cm³/mol. The van der Waals surface area contributed by atoms with Crippen LogP contribution in [0.5, 0.6) is 11.5 Å². The van der Waals surface area contributed by atoms with Crippen molar-refractivity contribution in [3.63, 3.8) is 0 Å². The largest absolute Gasteiger partial charge is 0.493 e. The summed E-state index contributed by atoms with van der Waals surface area (Å²) in [6, 6.07) is 11.5. The van der Waals surface area contributed by atoms with E-state index in [-0.39, 0.29) is 10.7 Å². The van der Waals surface area contributed by atoms with Crippen LogP contribution in [0.2, 0.25) is 5.02 Å². The maximum absolute atomic E-state index is 12.6. The summed E-state index contributed by atoms with van der Waals surface area (Å²) in [7, 11) is 2.96. The van der Waals surface area contributed by atoms with Crippen LogP contribution in [0, 0.1) is 0 Å². The molecule has 0 aliphatic carbocycles. The zero-order valence-electron chi connectivity index (χ0n) is 15.3. The second-order valence-corrected chi connectivity index (χ2v) is 8.84. The predicted octanol–water partition coefficient (Wildman–Crippen LogP) is 4.77. The number of anilines is 1. The fourth-order valence-corrected chi connectivity index (χ4v) is 2.91. The molecule has 2 aromatic rings. The average Bonchev–Trinajstić information content (AvgIpc) is 2.67. The molecule has 0 heterocycles. The summed E-state index contributed by atoms with van der Waals surface area (Å²) in [6.07, 6.45) is -1.12. The molecule has 0 spiro atoms. The minimum absolute atomic E-state index is 0.135. The maximum Gasteiger partial charge on any atom is 0.253 e. The van der Waals surface area contributed by atoms with E-state index in [2.05, 4.69) is 16.0 Å². The summed E-state index contributed by atoms with van der Waals surface area (Å²) < 4.78 is 8.47. The van der Waals surface area contributed by atoms with Gasteiger partial charge in [-0.2, -0.15) is 0 Å². The van der Waals surface area contributed by atoms with Crippen molar-refractivity contribution in [1.82, 2.24) is 10.6 Å². The second-order valence-electron chi connectivity index (χ2n) is 5.62. The van der Waals surface area contributed by atoms with Crippen LogP contribution in [0.25, 0.3) is 0 Å². The van der Waals surface area contributed by atoms with Crippen LogP contribution in [0.1, 0.15) is 10.4 Å². The molecular weight excluding hydrogens is 480 g/mol. The Hall–Kier alpha value is -1.64.